The number of carbonyl (C=O) groups excluding carboxylic acids is 1. The molecule has 0 amide bonds. The summed E-state index contributed by atoms with van der Waals surface area (Å²) in [5, 5.41) is 11.3. The zero-order chi connectivity index (χ0) is 10.7. The summed E-state index contributed by atoms with van der Waals surface area (Å²) in [5.41, 5.74) is 5.41. The number of hydrogen-bond donors (Lipinski definition) is 1. The van der Waals surface area contributed by atoms with Crippen LogP contribution in [0.4, 0.5) is 0 Å². The van der Waals surface area contributed by atoms with Gasteiger partial charge in [0.05, 0.1) is 12.6 Å². The summed E-state index contributed by atoms with van der Waals surface area (Å²) in [6.45, 7) is 6.33. The first kappa shape index (κ1) is 10.8. The van der Waals surface area contributed by atoms with Crippen LogP contribution in [0.2, 0.25) is 0 Å². The van der Waals surface area contributed by atoms with Crippen LogP contribution in [-0.2, 0) is 6.54 Å². The van der Waals surface area contributed by atoms with Crippen LogP contribution in [0.25, 0.3) is 0 Å². The smallest absolute Gasteiger partial charge is 0.242 e. The molecule has 14 heavy (non-hydrogen) atoms. The number of aromatic nitrogens is 4. The van der Waals surface area contributed by atoms with E-state index in [1.54, 1.807) is 6.92 Å². The number of nitrogens with two attached hydrogens (primary N) is 1. The van der Waals surface area contributed by atoms with E-state index in [-0.39, 0.29) is 11.6 Å². The fourth-order valence-corrected chi connectivity index (χ4v) is 0.949. The van der Waals surface area contributed by atoms with Crippen LogP contribution >= 0.6 is 0 Å². The second-order valence-corrected chi connectivity index (χ2v) is 3.71. The fourth-order valence-electron chi connectivity index (χ4n) is 0.949. The molecule has 78 valence electrons. The summed E-state index contributed by atoms with van der Waals surface area (Å²) < 4.78 is 0. The number of carbonyl (C=O) groups is 1. The molecule has 1 rings (SSSR count). The lowest BCUT2D eigenvalue weighted by Gasteiger charge is -2.00. The third-order valence-corrected chi connectivity index (χ3v) is 1.62. The number of rotatable bonds is 4. The zero-order valence-corrected chi connectivity index (χ0v) is 8.64. The van der Waals surface area contributed by atoms with Gasteiger partial charge in [-0.05, 0) is 18.1 Å². The Bertz CT molecular complexity index is 317. The Labute approximate surface area is 82.5 Å². The zero-order valence-electron chi connectivity index (χ0n) is 8.64. The van der Waals surface area contributed by atoms with E-state index in [0.717, 1.165) is 0 Å². The van der Waals surface area contributed by atoms with Crippen molar-refractivity contribution in [3.8, 4) is 0 Å². The molecule has 1 heterocycles. The van der Waals surface area contributed by atoms with Crippen LogP contribution in [0.5, 0.6) is 0 Å². The average Bonchev–Trinajstić information content (AvgIpc) is 2.50. The molecule has 0 aliphatic carbocycles. The second kappa shape index (κ2) is 4.28. The highest BCUT2D eigenvalue weighted by atomic mass is 16.1. The van der Waals surface area contributed by atoms with Crippen molar-refractivity contribution in [1.29, 1.82) is 0 Å². The lowest BCUT2D eigenvalue weighted by Crippen LogP contribution is -2.27. The van der Waals surface area contributed by atoms with Gasteiger partial charge in [0.1, 0.15) is 0 Å². The van der Waals surface area contributed by atoms with Gasteiger partial charge in [-0.3, -0.25) is 4.79 Å². The Morgan fingerprint density at radius 3 is 2.64 bits per heavy atom. The molecule has 0 aliphatic rings. The van der Waals surface area contributed by atoms with Gasteiger partial charge in [-0.15, -0.1) is 10.2 Å². The summed E-state index contributed by atoms with van der Waals surface area (Å²) in [4.78, 5) is 12.8. The van der Waals surface area contributed by atoms with E-state index >= 15 is 0 Å². The molecule has 1 atom stereocenters. The van der Waals surface area contributed by atoms with Crippen molar-refractivity contribution in [3.63, 3.8) is 0 Å². The molecule has 0 fully saturated rings. The maximum Gasteiger partial charge on any atom is 0.242 e. The van der Waals surface area contributed by atoms with Crippen LogP contribution in [0.1, 0.15) is 31.4 Å². The van der Waals surface area contributed by atoms with E-state index < -0.39 is 6.04 Å². The SMILES string of the molecule is CC(C)Cn1nnc(C(=O)C(C)N)n1. The maximum atomic E-state index is 11.3. The van der Waals surface area contributed by atoms with E-state index in [2.05, 4.69) is 15.4 Å². The highest BCUT2D eigenvalue weighted by molar-refractivity contribution is 5.96. The predicted molar refractivity (Wildman–Crippen MR) is 50.6 cm³/mol. The predicted octanol–water partition coefficient (Wildman–Crippen LogP) is -0.141. The summed E-state index contributed by atoms with van der Waals surface area (Å²) in [7, 11) is 0. The molecule has 0 saturated carbocycles. The number of hydrogen-bond acceptors (Lipinski definition) is 5. The minimum Gasteiger partial charge on any atom is -0.321 e. The number of ketones is 1. The van der Waals surface area contributed by atoms with Crippen LogP contribution in [0.3, 0.4) is 0 Å². The molecule has 6 nitrogen and oxygen atoms in total. The number of Topliss-reactive ketones (excluding diaryl/α,β-unsaturated/α-hetero) is 1. The average molecular weight is 197 g/mol. The number of tetrazole rings is 1. The van der Waals surface area contributed by atoms with E-state index in [9.17, 15) is 4.79 Å². The Balaban J connectivity index is 2.73. The molecule has 0 spiro atoms. The van der Waals surface area contributed by atoms with Crippen molar-refractivity contribution in [2.45, 2.75) is 33.4 Å². The van der Waals surface area contributed by atoms with Gasteiger partial charge >= 0.3 is 0 Å². The van der Waals surface area contributed by atoms with Gasteiger partial charge in [0, 0.05) is 0 Å². The van der Waals surface area contributed by atoms with E-state index in [1.807, 2.05) is 13.8 Å². The molecule has 2 N–H and O–H groups in total. The quantitative estimate of drug-likeness (QED) is 0.679. The van der Waals surface area contributed by atoms with E-state index in [1.165, 1.54) is 4.80 Å². The van der Waals surface area contributed by atoms with Crippen LogP contribution in [0.15, 0.2) is 0 Å². The van der Waals surface area contributed by atoms with Crippen LogP contribution in [0, 0.1) is 5.92 Å². The standard InChI is InChI=1S/C8H15N5O/c1-5(2)4-13-11-8(10-12-13)7(14)6(3)9/h5-6H,4,9H2,1-3H3. The highest BCUT2D eigenvalue weighted by Gasteiger charge is 2.16. The molecule has 1 aromatic rings. The molecule has 0 aromatic carbocycles. The summed E-state index contributed by atoms with van der Waals surface area (Å²) in [5.74, 6) is 0.239. The van der Waals surface area contributed by atoms with Gasteiger partial charge in [-0.2, -0.15) is 4.80 Å². The summed E-state index contributed by atoms with van der Waals surface area (Å²) in [6.07, 6.45) is 0. The van der Waals surface area contributed by atoms with Gasteiger partial charge in [-0.1, -0.05) is 13.8 Å². The molecule has 1 aromatic heterocycles. The third kappa shape index (κ3) is 2.59. The topological polar surface area (TPSA) is 86.7 Å². The monoisotopic (exact) mass is 197 g/mol. The maximum absolute atomic E-state index is 11.3. The fraction of sp³-hybridized carbons (Fsp3) is 0.750. The minimum absolute atomic E-state index is 0.0978. The molecule has 1 unspecified atom stereocenters. The van der Waals surface area contributed by atoms with Gasteiger partial charge in [0.2, 0.25) is 11.6 Å². The van der Waals surface area contributed by atoms with Crippen molar-refractivity contribution >= 4 is 5.78 Å². The Kier molecular flexibility index (Phi) is 3.29. The van der Waals surface area contributed by atoms with Crippen LogP contribution in [-0.4, -0.2) is 32.0 Å². The molecule has 6 heteroatoms. The highest BCUT2D eigenvalue weighted by Crippen LogP contribution is 1.97. The van der Waals surface area contributed by atoms with Gasteiger partial charge < -0.3 is 5.73 Å². The first-order valence-corrected chi connectivity index (χ1v) is 4.58. The molecule has 0 bridgehead atoms. The van der Waals surface area contributed by atoms with Crippen molar-refractivity contribution in [2.75, 3.05) is 0 Å². The molecular weight excluding hydrogens is 182 g/mol. The minimum atomic E-state index is -0.577. The largest absolute Gasteiger partial charge is 0.321 e. The molecule has 0 aliphatic heterocycles. The summed E-state index contributed by atoms with van der Waals surface area (Å²) >= 11 is 0. The molecule has 0 saturated heterocycles. The lowest BCUT2D eigenvalue weighted by atomic mass is 10.2. The first-order chi connectivity index (χ1) is 6.50. The molecule has 0 radical (unpaired) electrons. The number of nitrogens with zero attached hydrogens (tertiary/aromatic N) is 4. The second-order valence-electron chi connectivity index (χ2n) is 3.71. The van der Waals surface area contributed by atoms with Gasteiger partial charge in [-0.25, -0.2) is 0 Å². The van der Waals surface area contributed by atoms with Crippen molar-refractivity contribution in [1.82, 2.24) is 20.2 Å². The van der Waals surface area contributed by atoms with Gasteiger partial charge in [0.15, 0.2) is 0 Å². The Morgan fingerprint density at radius 1 is 1.50 bits per heavy atom. The van der Waals surface area contributed by atoms with Gasteiger partial charge in [0.25, 0.3) is 0 Å². The summed E-state index contributed by atoms with van der Waals surface area (Å²) in [6, 6.07) is -0.577. The normalized spacial score (nSPS) is 13.2. The first-order valence-electron chi connectivity index (χ1n) is 4.58. The third-order valence-electron chi connectivity index (χ3n) is 1.62. The van der Waals surface area contributed by atoms with Crippen molar-refractivity contribution in [2.24, 2.45) is 11.7 Å². The Morgan fingerprint density at radius 2 is 2.14 bits per heavy atom. The molecular formula is C8H15N5O. The lowest BCUT2D eigenvalue weighted by molar-refractivity contribution is 0.0957. The van der Waals surface area contributed by atoms with Crippen molar-refractivity contribution < 1.29 is 4.79 Å². The van der Waals surface area contributed by atoms with Crippen molar-refractivity contribution in [3.05, 3.63) is 5.82 Å². The Hall–Kier alpha value is -1.30. The van der Waals surface area contributed by atoms with Crippen LogP contribution < -0.4 is 5.73 Å². The van der Waals surface area contributed by atoms with E-state index in [4.69, 9.17) is 5.73 Å². The van der Waals surface area contributed by atoms with E-state index in [0.29, 0.717) is 12.5 Å².